The Morgan fingerprint density at radius 3 is 3.00 bits per heavy atom. The van der Waals surface area contributed by atoms with Crippen molar-refractivity contribution in [1.82, 2.24) is 9.97 Å². The molecule has 1 aromatic rings. The smallest absolute Gasteiger partial charge is 0.225 e. The summed E-state index contributed by atoms with van der Waals surface area (Å²) in [6, 6.07) is 1.74. The van der Waals surface area contributed by atoms with Gasteiger partial charge in [0, 0.05) is 25.4 Å². The molecule has 6 nitrogen and oxygen atoms in total. The van der Waals surface area contributed by atoms with Gasteiger partial charge in [-0.2, -0.15) is 4.98 Å². The number of nitrogens with one attached hydrogen (secondary N) is 1. The first kappa shape index (κ1) is 14.7. The summed E-state index contributed by atoms with van der Waals surface area (Å²) in [6.07, 6.45) is 3.46. The van der Waals surface area contributed by atoms with E-state index in [0.717, 1.165) is 19.4 Å². The molecule has 0 radical (unpaired) electrons. The van der Waals surface area contributed by atoms with Crippen LogP contribution in [0.25, 0.3) is 0 Å². The molecule has 0 saturated heterocycles. The van der Waals surface area contributed by atoms with Crippen molar-refractivity contribution >= 4 is 5.95 Å². The Kier molecular flexibility index (Phi) is 7.83. The van der Waals surface area contributed by atoms with Gasteiger partial charge >= 0.3 is 0 Å². The van der Waals surface area contributed by atoms with E-state index in [1.165, 1.54) is 0 Å². The number of ether oxygens (including phenoxy) is 2. The lowest BCUT2D eigenvalue weighted by Crippen LogP contribution is -2.10. The third-order valence-electron chi connectivity index (χ3n) is 2.07. The Hall–Kier alpha value is -1.40. The third-order valence-corrected chi connectivity index (χ3v) is 2.07. The summed E-state index contributed by atoms with van der Waals surface area (Å²) < 4.78 is 10.6. The van der Waals surface area contributed by atoms with Crippen molar-refractivity contribution in [2.24, 2.45) is 0 Å². The van der Waals surface area contributed by atoms with Gasteiger partial charge in [0.25, 0.3) is 0 Å². The van der Waals surface area contributed by atoms with Crippen LogP contribution in [-0.2, 0) is 4.74 Å². The zero-order valence-corrected chi connectivity index (χ0v) is 10.8. The lowest BCUT2D eigenvalue weighted by Gasteiger charge is -2.07. The van der Waals surface area contributed by atoms with Crippen molar-refractivity contribution in [3.63, 3.8) is 0 Å². The molecule has 0 atom stereocenters. The first-order valence-electron chi connectivity index (χ1n) is 6.25. The average molecular weight is 255 g/mol. The predicted octanol–water partition coefficient (Wildman–Crippen LogP) is 1.08. The van der Waals surface area contributed by atoms with Crippen molar-refractivity contribution in [2.45, 2.75) is 19.8 Å². The summed E-state index contributed by atoms with van der Waals surface area (Å²) in [5, 5.41) is 11.6. The third kappa shape index (κ3) is 6.36. The molecule has 0 saturated carbocycles. The summed E-state index contributed by atoms with van der Waals surface area (Å²) in [5.74, 6) is 1.15. The Bertz CT molecular complexity index is 323. The second-order valence-corrected chi connectivity index (χ2v) is 3.68. The highest BCUT2D eigenvalue weighted by atomic mass is 16.5. The highest BCUT2D eigenvalue weighted by molar-refractivity contribution is 5.27. The molecule has 1 aromatic heterocycles. The molecule has 1 heterocycles. The minimum absolute atomic E-state index is 0.0628. The van der Waals surface area contributed by atoms with Crippen molar-refractivity contribution in [2.75, 3.05) is 38.3 Å². The van der Waals surface area contributed by atoms with Gasteiger partial charge in [-0.05, 0) is 12.8 Å². The number of aliphatic hydroxyl groups excluding tert-OH is 1. The van der Waals surface area contributed by atoms with E-state index < -0.39 is 0 Å². The van der Waals surface area contributed by atoms with Crippen LogP contribution in [0.4, 0.5) is 5.95 Å². The number of anilines is 1. The van der Waals surface area contributed by atoms with Crippen LogP contribution in [0.3, 0.4) is 0 Å². The van der Waals surface area contributed by atoms with E-state index in [1.54, 1.807) is 12.3 Å². The molecule has 0 aromatic carbocycles. The molecule has 102 valence electrons. The Morgan fingerprint density at radius 2 is 2.22 bits per heavy atom. The maximum absolute atomic E-state index is 8.53. The van der Waals surface area contributed by atoms with E-state index in [-0.39, 0.29) is 6.61 Å². The fourth-order valence-corrected chi connectivity index (χ4v) is 1.26. The van der Waals surface area contributed by atoms with Crippen LogP contribution in [0.15, 0.2) is 12.3 Å². The van der Waals surface area contributed by atoms with Crippen LogP contribution < -0.4 is 10.1 Å². The monoisotopic (exact) mass is 255 g/mol. The van der Waals surface area contributed by atoms with Crippen LogP contribution in [-0.4, -0.2) is 48.0 Å². The van der Waals surface area contributed by atoms with Gasteiger partial charge in [-0.3, -0.25) is 0 Å². The molecule has 0 aliphatic rings. The van der Waals surface area contributed by atoms with Crippen LogP contribution in [0.1, 0.15) is 19.8 Å². The van der Waals surface area contributed by atoms with Gasteiger partial charge in [-0.1, -0.05) is 6.92 Å². The first-order valence-corrected chi connectivity index (χ1v) is 6.25. The van der Waals surface area contributed by atoms with Crippen molar-refractivity contribution in [3.05, 3.63) is 12.3 Å². The second-order valence-electron chi connectivity index (χ2n) is 3.68. The van der Waals surface area contributed by atoms with E-state index in [2.05, 4.69) is 15.3 Å². The number of aliphatic hydroxyl groups is 1. The van der Waals surface area contributed by atoms with E-state index in [9.17, 15) is 0 Å². The summed E-state index contributed by atoms with van der Waals surface area (Å²) in [5.41, 5.74) is 0. The maximum atomic E-state index is 8.53. The molecule has 0 aliphatic heterocycles. The standard InChI is InChI=1S/C12H21N3O3/c1-2-8-18-11-4-6-14-12(15-11)13-5-3-9-17-10-7-16/h4,6,16H,2-3,5,7-10H2,1H3,(H,13,14,15). The summed E-state index contributed by atoms with van der Waals surface area (Å²) >= 11 is 0. The van der Waals surface area contributed by atoms with Gasteiger partial charge in [-0.25, -0.2) is 4.98 Å². The summed E-state index contributed by atoms with van der Waals surface area (Å²) in [6.45, 7) is 4.49. The SMILES string of the molecule is CCCOc1ccnc(NCCCOCCO)n1. The molecule has 0 spiro atoms. The van der Waals surface area contributed by atoms with Gasteiger partial charge in [0.15, 0.2) is 0 Å². The topological polar surface area (TPSA) is 76.5 Å². The Labute approximate surface area is 107 Å². The molecule has 1 rings (SSSR count). The zero-order chi connectivity index (χ0) is 13.1. The van der Waals surface area contributed by atoms with Crippen LogP contribution in [0.5, 0.6) is 5.88 Å². The molecule has 0 amide bonds. The first-order chi connectivity index (χ1) is 8.86. The number of hydrogen-bond acceptors (Lipinski definition) is 6. The zero-order valence-electron chi connectivity index (χ0n) is 10.8. The fourth-order valence-electron chi connectivity index (χ4n) is 1.26. The molecule has 6 heteroatoms. The average Bonchev–Trinajstić information content (AvgIpc) is 2.41. The Morgan fingerprint density at radius 1 is 1.33 bits per heavy atom. The number of rotatable bonds is 10. The highest BCUT2D eigenvalue weighted by Gasteiger charge is 1.99. The number of hydrogen-bond donors (Lipinski definition) is 2. The molecule has 2 N–H and O–H groups in total. The molecule has 0 unspecified atom stereocenters. The molecule has 0 bridgehead atoms. The quantitative estimate of drug-likeness (QED) is 0.609. The van der Waals surface area contributed by atoms with Crippen LogP contribution in [0.2, 0.25) is 0 Å². The van der Waals surface area contributed by atoms with Gasteiger partial charge in [0.1, 0.15) is 0 Å². The van der Waals surface area contributed by atoms with E-state index in [4.69, 9.17) is 14.6 Å². The van der Waals surface area contributed by atoms with Gasteiger partial charge < -0.3 is 19.9 Å². The van der Waals surface area contributed by atoms with Gasteiger partial charge in [0.2, 0.25) is 11.8 Å². The molecular formula is C12H21N3O3. The minimum Gasteiger partial charge on any atom is -0.478 e. The minimum atomic E-state index is 0.0628. The lowest BCUT2D eigenvalue weighted by atomic mass is 10.4. The van der Waals surface area contributed by atoms with E-state index >= 15 is 0 Å². The lowest BCUT2D eigenvalue weighted by molar-refractivity contribution is 0.0921. The molecule has 18 heavy (non-hydrogen) atoms. The van der Waals surface area contributed by atoms with Crippen LogP contribution >= 0.6 is 0 Å². The summed E-state index contributed by atoms with van der Waals surface area (Å²) in [4.78, 5) is 8.32. The number of nitrogens with zero attached hydrogens (tertiary/aromatic N) is 2. The highest BCUT2D eigenvalue weighted by Crippen LogP contribution is 2.08. The largest absolute Gasteiger partial charge is 0.478 e. The van der Waals surface area contributed by atoms with Gasteiger partial charge in [-0.15, -0.1) is 0 Å². The van der Waals surface area contributed by atoms with Crippen molar-refractivity contribution in [1.29, 1.82) is 0 Å². The molecular weight excluding hydrogens is 234 g/mol. The van der Waals surface area contributed by atoms with Crippen LogP contribution in [0, 0.1) is 0 Å². The van der Waals surface area contributed by atoms with Crippen molar-refractivity contribution < 1.29 is 14.6 Å². The Balaban J connectivity index is 2.20. The fraction of sp³-hybridized carbons (Fsp3) is 0.667. The normalized spacial score (nSPS) is 10.3. The predicted molar refractivity (Wildman–Crippen MR) is 68.8 cm³/mol. The summed E-state index contributed by atoms with van der Waals surface area (Å²) in [7, 11) is 0. The molecule has 0 fully saturated rings. The van der Waals surface area contributed by atoms with E-state index in [1.807, 2.05) is 6.92 Å². The number of aromatic nitrogens is 2. The van der Waals surface area contributed by atoms with Crippen molar-refractivity contribution in [3.8, 4) is 5.88 Å². The van der Waals surface area contributed by atoms with Gasteiger partial charge in [0.05, 0.1) is 19.8 Å². The maximum Gasteiger partial charge on any atom is 0.225 e. The molecule has 0 aliphatic carbocycles. The van der Waals surface area contributed by atoms with E-state index in [0.29, 0.717) is 31.6 Å². The second kappa shape index (κ2) is 9.61.